The number of benzene rings is 1. The first-order valence-electron chi connectivity index (χ1n) is 7.29. The fraction of sp³-hybridized carbons (Fsp3) is 0.353. The maximum Gasteiger partial charge on any atom is 0.0961 e. The SMILES string of the molecule is CCNC(CSc1ccc(Cl)cn1)c1ccc(CC)cc1. The summed E-state index contributed by atoms with van der Waals surface area (Å²) in [6.45, 7) is 5.27. The molecule has 1 N–H and O–H groups in total. The zero-order valence-corrected chi connectivity index (χ0v) is 14.0. The Morgan fingerprint density at radius 3 is 2.48 bits per heavy atom. The first-order chi connectivity index (χ1) is 10.2. The molecule has 1 atom stereocenters. The van der Waals surface area contributed by atoms with Crippen LogP contribution < -0.4 is 5.32 Å². The maximum atomic E-state index is 5.86. The minimum Gasteiger partial charge on any atom is -0.309 e. The molecule has 0 aliphatic carbocycles. The van der Waals surface area contributed by atoms with Crippen molar-refractivity contribution in [1.29, 1.82) is 0 Å². The highest BCUT2D eigenvalue weighted by Crippen LogP contribution is 2.24. The molecule has 2 rings (SSSR count). The number of halogens is 1. The van der Waals surface area contributed by atoms with E-state index in [9.17, 15) is 0 Å². The number of hydrogen-bond acceptors (Lipinski definition) is 3. The zero-order valence-electron chi connectivity index (χ0n) is 12.5. The second-order valence-corrected chi connectivity index (χ2v) is 6.31. The quantitative estimate of drug-likeness (QED) is 0.746. The first-order valence-corrected chi connectivity index (χ1v) is 8.65. The zero-order chi connectivity index (χ0) is 15.1. The molecule has 0 saturated heterocycles. The molecule has 1 aromatic carbocycles. The lowest BCUT2D eigenvalue weighted by Gasteiger charge is -2.18. The molecule has 21 heavy (non-hydrogen) atoms. The third-order valence-corrected chi connectivity index (χ3v) is 4.60. The van der Waals surface area contributed by atoms with E-state index in [1.165, 1.54) is 11.1 Å². The van der Waals surface area contributed by atoms with E-state index in [4.69, 9.17) is 11.6 Å². The molecule has 112 valence electrons. The molecule has 0 aliphatic heterocycles. The largest absolute Gasteiger partial charge is 0.309 e. The highest BCUT2D eigenvalue weighted by molar-refractivity contribution is 7.99. The summed E-state index contributed by atoms with van der Waals surface area (Å²) in [4.78, 5) is 4.33. The Hall–Kier alpha value is -1.03. The van der Waals surface area contributed by atoms with Crippen molar-refractivity contribution in [2.45, 2.75) is 31.3 Å². The molecule has 0 aliphatic rings. The van der Waals surface area contributed by atoms with Crippen LogP contribution >= 0.6 is 23.4 Å². The number of nitrogens with zero attached hydrogens (tertiary/aromatic N) is 1. The summed E-state index contributed by atoms with van der Waals surface area (Å²) >= 11 is 7.61. The molecule has 1 heterocycles. The maximum absolute atomic E-state index is 5.86. The van der Waals surface area contributed by atoms with Gasteiger partial charge in [-0.25, -0.2) is 4.98 Å². The van der Waals surface area contributed by atoms with Crippen LogP contribution in [0.15, 0.2) is 47.6 Å². The lowest BCUT2D eigenvalue weighted by atomic mass is 10.1. The summed E-state index contributed by atoms with van der Waals surface area (Å²) in [7, 11) is 0. The van der Waals surface area contributed by atoms with Crippen LogP contribution in [-0.2, 0) is 6.42 Å². The molecular formula is C17H21ClN2S. The van der Waals surface area contributed by atoms with Crippen LogP contribution in [0.4, 0.5) is 0 Å². The summed E-state index contributed by atoms with van der Waals surface area (Å²) in [5.74, 6) is 0.952. The Labute approximate surface area is 136 Å². The van der Waals surface area contributed by atoms with E-state index >= 15 is 0 Å². The summed E-state index contributed by atoms with van der Waals surface area (Å²) < 4.78 is 0. The van der Waals surface area contributed by atoms with Crippen molar-refractivity contribution in [2.75, 3.05) is 12.3 Å². The number of hydrogen-bond donors (Lipinski definition) is 1. The number of nitrogens with one attached hydrogen (secondary N) is 1. The van der Waals surface area contributed by atoms with E-state index < -0.39 is 0 Å². The highest BCUT2D eigenvalue weighted by Gasteiger charge is 2.11. The Bertz CT molecular complexity index is 540. The van der Waals surface area contributed by atoms with Crippen molar-refractivity contribution < 1.29 is 0 Å². The van der Waals surface area contributed by atoms with Crippen LogP contribution in [0.3, 0.4) is 0 Å². The van der Waals surface area contributed by atoms with Crippen molar-refractivity contribution in [3.8, 4) is 0 Å². The van der Waals surface area contributed by atoms with Crippen LogP contribution in [0.1, 0.15) is 31.0 Å². The fourth-order valence-corrected chi connectivity index (χ4v) is 3.17. The van der Waals surface area contributed by atoms with E-state index in [2.05, 4.69) is 48.4 Å². The average Bonchev–Trinajstić information content (AvgIpc) is 2.53. The van der Waals surface area contributed by atoms with Gasteiger partial charge in [0.1, 0.15) is 0 Å². The molecule has 4 heteroatoms. The van der Waals surface area contributed by atoms with E-state index in [1.54, 1.807) is 18.0 Å². The Kier molecular flexibility index (Phi) is 6.55. The van der Waals surface area contributed by atoms with E-state index in [0.29, 0.717) is 11.1 Å². The molecule has 0 fully saturated rings. The van der Waals surface area contributed by atoms with Gasteiger partial charge in [-0.05, 0) is 36.2 Å². The molecule has 1 aromatic heterocycles. The van der Waals surface area contributed by atoms with Gasteiger partial charge in [-0.1, -0.05) is 49.7 Å². The predicted octanol–water partition coefficient (Wildman–Crippen LogP) is 4.74. The Balaban J connectivity index is 2.02. The second kappa shape index (κ2) is 8.42. The van der Waals surface area contributed by atoms with Crippen LogP contribution in [0.5, 0.6) is 0 Å². The van der Waals surface area contributed by atoms with Gasteiger partial charge in [0.2, 0.25) is 0 Å². The van der Waals surface area contributed by atoms with Crippen LogP contribution in [0, 0.1) is 0 Å². The summed E-state index contributed by atoms with van der Waals surface area (Å²) in [6, 6.07) is 13.1. The van der Waals surface area contributed by atoms with Crippen molar-refractivity contribution >= 4 is 23.4 Å². The summed E-state index contributed by atoms with van der Waals surface area (Å²) in [6.07, 6.45) is 2.78. The second-order valence-electron chi connectivity index (χ2n) is 4.83. The van der Waals surface area contributed by atoms with Crippen LogP contribution in [0.2, 0.25) is 5.02 Å². The summed E-state index contributed by atoms with van der Waals surface area (Å²) in [5, 5.41) is 5.23. The van der Waals surface area contributed by atoms with Gasteiger partial charge >= 0.3 is 0 Å². The summed E-state index contributed by atoms with van der Waals surface area (Å²) in [5.41, 5.74) is 2.71. The molecule has 0 spiro atoms. The van der Waals surface area contributed by atoms with Crippen LogP contribution in [-0.4, -0.2) is 17.3 Å². The number of aryl methyl sites for hydroxylation is 1. The minimum absolute atomic E-state index is 0.336. The number of aromatic nitrogens is 1. The third-order valence-electron chi connectivity index (χ3n) is 3.34. The average molecular weight is 321 g/mol. The topological polar surface area (TPSA) is 24.9 Å². The van der Waals surface area contributed by atoms with Gasteiger partial charge in [-0.2, -0.15) is 0 Å². The van der Waals surface area contributed by atoms with Gasteiger partial charge in [-0.15, -0.1) is 11.8 Å². The van der Waals surface area contributed by atoms with Gasteiger partial charge in [0.15, 0.2) is 0 Å². The molecule has 2 nitrogen and oxygen atoms in total. The minimum atomic E-state index is 0.336. The van der Waals surface area contributed by atoms with Crippen molar-refractivity contribution in [1.82, 2.24) is 10.3 Å². The lowest BCUT2D eigenvalue weighted by molar-refractivity contribution is 0.605. The van der Waals surface area contributed by atoms with Crippen LogP contribution in [0.25, 0.3) is 0 Å². The van der Waals surface area contributed by atoms with Gasteiger partial charge in [0, 0.05) is 18.0 Å². The smallest absolute Gasteiger partial charge is 0.0961 e. The number of rotatable bonds is 7. The molecule has 1 unspecified atom stereocenters. The third kappa shape index (κ3) is 5.03. The molecule has 0 bridgehead atoms. The fourth-order valence-electron chi connectivity index (χ4n) is 2.12. The normalized spacial score (nSPS) is 12.3. The Morgan fingerprint density at radius 1 is 1.14 bits per heavy atom. The predicted molar refractivity (Wildman–Crippen MR) is 92.2 cm³/mol. The first kappa shape index (κ1) is 16.3. The lowest BCUT2D eigenvalue weighted by Crippen LogP contribution is -2.23. The molecule has 0 saturated carbocycles. The van der Waals surface area contributed by atoms with E-state index in [1.807, 2.05) is 12.1 Å². The molecular weight excluding hydrogens is 300 g/mol. The van der Waals surface area contributed by atoms with E-state index in [-0.39, 0.29) is 0 Å². The number of pyridine rings is 1. The highest BCUT2D eigenvalue weighted by atomic mass is 35.5. The standard InChI is InChI=1S/C17H21ClN2S/c1-3-13-5-7-14(8-6-13)16(19-4-2)12-21-17-10-9-15(18)11-20-17/h5-11,16,19H,3-4,12H2,1-2H3. The molecule has 2 aromatic rings. The number of thioether (sulfide) groups is 1. The van der Waals surface area contributed by atoms with Crippen molar-refractivity contribution in [3.63, 3.8) is 0 Å². The van der Waals surface area contributed by atoms with Crippen molar-refractivity contribution in [2.24, 2.45) is 0 Å². The van der Waals surface area contributed by atoms with Gasteiger partial charge in [0.25, 0.3) is 0 Å². The monoisotopic (exact) mass is 320 g/mol. The van der Waals surface area contributed by atoms with E-state index in [0.717, 1.165) is 23.7 Å². The van der Waals surface area contributed by atoms with Gasteiger partial charge < -0.3 is 5.32 Å². The van der Waals surface area contributed by atoms with Crippen molar-refractivity contribution in [3.05, 3.63) is 58.7 Å². The molecule has 0 amide bonds. The van der Waals surface area contributed by atoms with Gasteiger partial charge in [-0.3, -0.25) is 0 Å². The van der Waals surface area contributed by atoms with Gasteiger partial charge in [0.05, 0.1) is 10.0 Å². The Morgan fingerprint density at radius 2 is 1.90 bits per heavy atom. The molecule has 0 radical (unpaired) electrons.